The van der Waals surface area contributed by atoms with E-state index in [9.17, 15) is 9.59 Å². The molecule has 114 valence electrons. The Bertz CT molecular complexity index is 480. The minimum atomic E-state index is -0.974. The second-order valence-electron chi connectivity index (χ2n) is 4.49. The summed E-state index contributed by atoms with van der Waals surface area (Å²) in [6.45, 7) is 3.67. The highest BCUT2D eigenvalue weighted by Gasteiger charge is 2.01. The molecule has 0 aromatic heterocycles. The maximum Gasteiger partial charge on any atom is 0.328 e. The van der Waals surface area contributed by atoms with E-state index in [2.05, 4.69) is 5.32 Å². The van der Waals surface area contributed by atoms with Crippen LogP contribution in [-0.2, 0) is 20.9 Å². The first-order valence-electron chi connectivity index (χ1n) is 6.96. The number of ether oxygens (including phenoxy) is 1. The summed E-state index contributed by atoms with van der Waals surface area (Å²) in [5, 5.41) is 11.4. The first-order chi connectivity index (χ1) is 10.1. The van der Waals surface area contributed by atoms with E-state index in [1.54, 1.807) is 0 Å². The van der Waals surface area contributed by atoms with Crippen molar-refractivity contribution in [2.24, 2.45) is 0 Å². The summed E-state index contributed by atoms with van der Waals surface area (Å²) in [5.74, 6) is -0.969. The van der Waals surface area contributed by atoms with E-state index < -0.39 is 5.97 Å². The third-order valence-electron chi connectivity index (χ3n) is 2.78. The average molecular weight is 291 g/mol. The predicted molar refractivity (Wildman–Crippen MR) is 80.7 cm³/mol. The van der Waals surface area contributed by atoms with Gasteiger partial charge in [0.2, 0.25) is 5.91 Å². The van der Waals surface area contributed by atoms with Gasteiger partial charge in [0.05, 0.1) is 0 Å². The van der Waals surface area contributed by atoms with Crippen LogP contribution in [-0.4, -0.2) is 30.2 Å². The SMILES string of the molecule is CCOCCCC(=O)NCc1ccc(/C=C/C(=O)O)cc1. The van der Waals surface area contributed by atoms with Gasteiger partial charge in [-0.1, -0.05) is 24.3 Å². The van der Waals surface area contributed by atoms with Gasteiger partial charge in [0.25, 0.3) is 0 Å². The number of hydrogen-bond donors (Lipinski definition) is 2. The molecule has 1 aromatic carbocycles. The number of hydrogen-bond acceptors (Lipinski definition) is 3. The molecule has 0 aliphatic carbocycles. The fourth-order valence-corrected chi connectivity index (χ4v) is 1.68. The highest BCUT2D eigenvalue weighted by atomic mass is 16.5. The summed E-state index contributed by atoms with van der Waals surface area (Å²) in [7, 11) is 0. The van der Waals surface area contributed by atoms with E-state index in [0.29, 0.717) is 26.2 Å². The molecule has 0 atom stereocenters. The molecule has 0 radical (unpaired) electrons. The van der Waals surface area contributed by atoms with Crippen molar-refractivity contribution in [3.8, 4) is 0 Å². The first kappa shape index (κ1) is 16.9. The van der Waals surface area contributed by atoms with Gasteiger partial charge in [0.1, 0.15) is 0 Å². The summed E-state index contributed by atoms with van der Waals surface area (Å²) >= 11 is 0. The van der Waals surface area contributed by atoms with E-state index in [1.165, 1.54) is 6.08 Å². The summed E-state index contributed by atoms with van der Waals surface area (Å²) in [4.78, 5) is 22.0. The molecule has 0 fully saturated rings. The van der Waals surface area contributed by atoms with Crippen molar-refractivity contribution in [2.75, 3.05) is 13.2 Å². The summed E-state index contributed by atoms with van der Waals surface area (Å²) < 4.78 is 5.17. The number of amides is 1. The Balaban J connectivity index is 2.32. The Morgan fingerprint density at radius 3 is 2.62 bits per heavy atom. The second kappa shape index (κ2) is 9.72. The van der Waals surface area contributed by atoms with Crippen LogP contribution < -0.4 is 5.32 Å². The zero-order valence-corrected chi connectivity index (χ0v) is 12.2. The monoisotopic (exact) mass is 291 g/mol. The quantitative estimate of drug-likeness (QED) is 0.540. The van der Waals surface area contributed by atoms with Gasteiger partial charge in [-0.3, -0.25) is 4.79 Å². The lowest BCUT2D eigenvalue weighted by Crippen LogP contribution is -2.22. The van der Waals surface area contributed by atoms with Crippen LogP contribution in [0, 0.1) is 0 Å². The maximum absolute atomic E-state index is 11.6. The molecule has 0 saturated carbocycles. The molecule has 5 heteroatoms. The third kappa shape index (κ3) is 7.89. The Hall–Kier alpha value is -2.14. The van der Waals surface area contributed by atoms with Crippen LogP contribution in [0.15, 0.2) is 30.3 Å². The number of carbonyl (C=O) groups excluding carboxylic acids is 1. The van der Waals surface area contributed by atoms with Gasteiger partial charge in [-0.2, -0.15) is 0 Å². The number of nitrogens with one attached hydrogen (secondary N) is 1. The molecule has 0 aliphatic heterocycles. The Morgan fingerprint density at radius 2 is 2.00 bits per heavy atom. The van der Waals surface area contributed by atoms with Crippen molar-refractivity contribution >= 4 is 18.0 Å². The minimum Gasteiger partial charge on any atom is -0.478 e. The highest BCUT2D eigenvalue weighted by Crippen LogP contribution is 2.06. The molecule has 0 heterocycles. The smallest absolute Gasteiger partial charge is 0.328 e. The van der Waals surface area contributed by atoms with E-state index in [4.69, 9.17) is 9.84 Å². The van der Waals surface area contributed by atoms with Crippen molar-refractivity contribution in [1.29, 1.82) is 0 Å². The van der Waals surface area contributed by atoms with Crippen molar-refractivity contribution in [3.63, 3.8) is 0 Å². The molecule has 5 nitrogen and oxygen atoms in total. The van der Waals surface area contributed by atoms with Gasteiger partial charge in [-0.15, -0.1) is 0 Å². The van der Waals surface area contributed by atoms with Crippen LogP contribution in [0.25, 0.3) is 6.08 Å². The lowest BCUT2D eigenvalue weighted by Gasteiger charge is -2.06. The molecule has 0 bridgehead atoms. The van der Waals surface area contributed by atoms with Gasteiger partial charge in [0.15, 0.2) is 0 Å². The van der Waals surface area contributed by atoms with Gasteiger partial charge in [-0.05, 0) is 30.5 Å². The number of carbonyl (C=O) groups is 2. The van der Waals surface area contributed by atoms with Crippen LogP contribution in [0.2, 0.25) is 0 Å². The summed E-state index contributed by atoms with van der Waals surface area (Å²) in [6.07, 6.45) is 3.80. The number of aliphatic carboxylic acids is 1. The lowest BCUT2D eigenvalue weighted by atomic mass is 10.1. The van der Waals surface area contributed by atoms with E-state index in [-0.39, 0.29) is 5.91 Å². The zero-order chi connectivity index (χ0) is 15.5. The molecule has 0 saturated heterocycles. The molecule has 2 N–H and O–H groups in total. The molecule has 0 spiro atoms. The second-order valence-corrected chi connectivity index (χ2v) is 4.49. The van der Waals surface area contributed by atoms with Crippen molar-refractivity contribution < 1.29 is 19.4 Å². The predicted octanol–water partition coefficient (Wildman–Crippen LogP) is 2.22. The van der Waals surface area contributed by atoms with Crippen LogP contribution in [0.4, 0.5) is 0 Å². The van der Waals surface area contributed by atoms with Crippen LogP contribution in [0.3, 0.4) is 0 Å². The van der Waals surface area contributed by atoms with E-state index in [0.717, 1.165) is 23.6 Å². The average Bonchev–Trinajstić information content (AvgIpc) is 2.48. The fourth-order valence-electron chi connectivity index (χ4n) is 1.68. The van der Waals surface area contributed by atoms with Crippen LogP contribution >= 0.6 is 0 Å². The molecular formula is C16H21NO4. The molecular weight excluding hydrogens is 270 g/mol. The normalized spacial score (nSPS) is 10.7. The van der Waals surface area contributed by atoms with Gasteiger partial charge in [-0.25, -0.2) is 4.79 Å². The number of benzene rings is 1. The Morgan fingerprint density at radius 1 is 1.29 bits per heavy atom. The number of carboxylic acid groups (broad SMARTS) is 1. The summed E-state index contributed by atoms with van der Waals surface area (Å²) in [5.41, 5.74) is 1.78. The van der Waals surface area contributed by atoms with Crippen LogP contribution in [0.1, 0.15) is 30.9 Å². The molecule has 21 heavy (non-hydrogen) atoms. The topological polar surface area (TPSA) is 75.6 Å². The minimum absolute atomic E-state index is 0.00422. The van der Waals surface area contributed by atoms with E-state index in [1.807, 2.05) is 31.2 Å². The highest BCUT2D eigenvalue weighted by molar-refractivity contribution is 5.85. The molecule has 1 amide bonds. The molecule has 1 aromatic rings. The van der Waals surface area contributed by atoms with Crippen molar-refractivity contribution in [2.45, 2.75) is 26.3 Å². The van der Waals surface area contributed by atoms with Crippen LogP contribution in [0.5, 0.6) is 0 Å². The van der Waals surface area contributed by atoms with Crippen molar-refractivity contribution in [3.05, 3.63) is 41.5 Å². The van der Waals surface area contributed by atoms with Crippen molar-refractivity contribution in [1.82, 2.24) is 5.32 Å². The zero-order valence-electron chi connectivity index (χ0n) is 12.2. The first-order valence-corrected chi connectivity index (χ1v) is 6.96. The molecule has 1 rings (SSSR count). The van der Waals surface area contributed by atoms with Gasteiger partial charge < -0.3 is 15.2 Å². The Kier molecular flexibility index (Phi) is 7.82. The number of carboxylic acids is 1. The maximum atomic E-state index is 11.6. The molecule has 0 aliphatic rings. The lowest BCUT2D eigenvalue weighted by molar-refractivity contribution is -0.131. The van der Waals surface area contributed by atoms with Gasteiger partial charge in [0, 0.05) is 32.3 Å². The van der Waals surface area contributed by atoms with Gasteiger partial charge >= 0.3 is 5.97 Å². The summed E-state index contributed by atoms with van der Waals surface area (Å²) in [6, 6.07) is 7.36. The van der Waals surface area contributed by atoms with E-state index >= 15 is 0 Å². The standard InChI is InChI=1S/C16H21NO4/c1-2-21-11-3-4-15(18)17-12-14-7-5-13(6-8-14)9-10-16(19)20/h5-10H,2-4,11-12H2,1H3,(H,17,18)(H,19,20)/b10-9+. The fraction of sp³-hybridized carbons (Fsp3) is 0.375. The molecule has 0 unspecified atom stereocenters. The number of rotatable bonds is 9. The Labute approximate surface area is 124 Å². The largest absolute Gasteiger partial charge is 0.478 e. The third-order valence-corrected chi connectivity index (χ3v) is 2.78.